The summed E-state index contributed by atoms with van der Waals surface area (Å²) in [5.41, 5.74) is 9.32. The van der Waals surface area contributed by atoms with Crippen LogP contribution in [0.3, 0.4) is 0 Å². The normalized spacial score (nSPS) is 18.4. The summed E-state index contributed by atoms with van der Waals surface area (Å²) in [4.78, 5) is 4.71. The number of ether oxygens (including phenoxy) is 2. The van der Waals surface area contributed by atoms with Gasteiger partial charge in [0.05, 0.1) is 35.2 Å². The zero-order valence-electron chi connectivity index (χ0n) is 29.6. The molecule has 0 aliphatic heterocycles. The van der Waals surface area contributed by atoms with Gasteiger partial charge in [0, 0.05) is 52.1 Å². The van der Waals surface area contributed by atoms with E-state index in [1.54, 1.807) is 13.3 Å². The third-order valence-electron chi connectivity index (χ3n) is 9.82. The maximum Gasteiger partial charge on any atom is 0.141 e. The second-order valence-electron chi connectivity index (χ2n) is 14.8. The van der Waals surface area contributed by atoms with Crippen molar-refractivity contribution >= 4 is 21.8 Å². The van der Waals surface area contributed by atoms with Gasteiger partial charge in [0.1, 0.15) is 23.1 Å². The number of hydrogen-bond acceptors (Lipinski definition) is 4. The number of benzene rings is 3. The molecule has 7 rings (SSSR count). The molecule has 3 heterocycles. The maximum absolute atomic E-state index is 6.68. The first-order chi connectivity index (χ1) is 22.9. The monoisotopic (exact) mass is 638 g/mol. The van der Waals surface area contributed by atoms with Crippen LogP contribution in [0.2, 0.25) is 0 Å². The lowest BCUT2D eigenvalue weighted by Gasteiger charge is -2.34. The first-order valence-corrected chi connectivity index (χ1v) is 17.0. The van der Waals surface area contributed by atoms with Crippen molar-refractivity contribution in [2.45, 2.75) is 73.1 Å². The molecule has 6 heteroatoms. The summed E-state index contributed by atoms with van der Waals surface area (Å²) in [6, 6.07) is 25.0. The van der Waals surface area contributed by atoms with E-state index in [-0.39, 0.29) is 5.41 Å². The van der Waals surface area contributed by atoms with Crippen LogP contribution >= 0.6 is 0 Å². The Labute approximate surface area is 284 Å². The number of fused-ring (bicyclic) bond motifs is 3. The number of aromatic nitrogens is 4. The molecule has 0 bridgehead atoms. The van der Waals surface area contributed by atoms with Gasteiger partial charge in [-0.05, 0) is 81.0 Å². The van der Waals surface area contributed by atoms with Crippen LogP contribution < -0.4 is 9.47 Å². The van der Waals surface area contributed by atoms with Crippen molar-refractivity contribution in [3.05, 3.63) is 113 Å². The molecule has 0 saturated heterocycles. The van der Waals surface area contributed by atoms with E-state index in [0.717, 1.165) is 61.8 Å². The Morgan fingerprint density at radius 1 is 0.812 bits per heavy atom. The molecular formula is C42H46N4O2. The zero-order chi connectivity index (χ0) is 33.9. The highest BCUT2D eigenvalue weighted by molar-refractivity contribution is 6.09. The molecule has 0 spiro atoms. The van der Waals surface area contributed by atoms with Gasteiger partial charge in [-0.1, -0.05) is 64.5 Å². The molecule has 246 valence electrons. The molecule has 1 unspecified atom stereocenters. The van der Waals surface area contributed by atoms with E-state index < -0.39 is 0 Å². The van der Waals surface area contributed by atoms with E-state index in [0.29, 0.717) is 17.8 Å². The molecular weight excluding hydrogens is 592 g/mol. The number of allylic oxidation sites excluding steroid dienone is 2. The highest BCUT2D eigenvalue weighted by Gasteiger charge is 2.36. The predicted molar refractivity (Wildman–Crippen MR) is 196 cm³/mol. The Morgan fingerprint density at radius 3 is 2.33 bits per heavy atom. The number of rotatable bonds is 6. The largest absolute Gasteiger partial charge is 0.497 e. The fraction of sp³-hybridized carbons (Fsp3) is 0.333. The van der Waals surface area contributed by atoms with Crippen molar-refractivity contribution in [2.24, 2.45) is 11.8 Å². The molecule has 1 aliphatic carbocycles. The molecule has 0 saturated carbocycles. The van der Waals surface area contributed by atoms with E-state index in [9.17, 15) is 0 Å². The lowest BCUT2D eigenvalue weighted by Crippen LogP contribution is -2.25. The van der Waals surface area contributed by atoms with Gasteiger partial charge >= 0.3 is 0 Å². The molecule has 6 aromatic rings. The molecule has 0 N–H and O–H groups in total. The number of para-hydroxylation sites is 1. The Kier molecular flexibility index (Phi) is 7.93. The third-order valence-corrected chi connectivity index (χ3v) is 9.82. The van der Waals surface area contributed by atoms with Crippen molar-refractivity contribution in [1.29, 1.82) is 0 Å². The van der Waals surface area contributed by atoms with Crippen molar-refractivity contribution < 1.29 is 9.47 Å². The molecule has 48 heavy (non-hydrogen) atoms. The van der Waals surface area contributed by atoms with Crippen LogP contribution in [-0.4, -0.2) is 26.4 Å². The summed E-state index contributed by atoms with van der Waals surface area (Å²) in [5.74, 6) is 4.60. The number of methoxy groups -OCH3 is 1. The number of pyridine rings is 1. The van der Waals surface area contributed by atoms with E-state index in [1.165, 1.54) is 23.3 Å². The van der Waals surface area contributed by atoms with Crippen LogP contribution in [0.4, 0.5) is 0 Å². The van der Waals surface area contributed by atoms with Gasteiger partial charge < -0.3 is 9.47 Å². The van der Waals surface area contributed by atoms with Gasteiger partial charge in [0.15, 0.2) is 0 Å². The fourth-order valence-corrected chi connectivity index (χ4v) is 8.08. The van der Waals surface area contributed by atoms with Gasteiger partial charge in [-0.15, -0.1) is 0 Å². The van der Waals surface area contributed by atoms with Gasteiger partial charge in [0.25, 0.3) is 0 Å². The van der Waals surface area contributed by atoms with Crippen molar-refractivity contribution in [1.82, 2.24) is 19.3 Å². The van der Waals surface area contributed by atoms with Crippen LogP contribution in [0.1, 0.15) is 76.4 Å². The van der Waals surface area contributed by atoms with Crippen LogP contribution in [0, 0.1) is 25.7 Å². The summed E-state index contributed by atoms with van der Waals surface area (Å²) in [6.07, 6.45) is 5.44. The highest BCUT2D eigenvalue weighted by Crippen LogP contribution is 2.46. The Bertz CT molecular complexity index is 2200. The topological polar surface area (TPSA) is 54.1 Å². The smallest absolute Gasteiger partial charge is 0.141 e. The minimum absolute atomic E-state index is 0.114. The summed E-state index contributed by atoms with van der Waals surface area (Å²) >= 11 is 0. The molecule has 0 radical (unpaired) electrons. The first kappa shape index (κ1) is 31.7. The highest BCUT2D eigenvalue weighted by atomic mass is 16.5. The average Bonchev–Trinajstić information content (AvgIpc) is 3.55. The molecule has 3 atom stereocenters. The van der Waals surface area contributed by atoms with E-state index in [4.69, 9.17) is 19.6 Å². The summed E-state index contributed by atoms with van der Waals surface area (Å²) < 4.78 is 16.6. The Hall–Kier alpha value is -4.84. The van der Waals surface area contributed by atoms with Gasteiger partial charge in [-0.25, -0.2) is 9.67 Å². The van der Waals surface area contributed by atoms with Crippen molar-refractivity contribution in [3.8, 4) is 28.8 Å². The summed E-state index contributed by atoms with van der Waals surface area (Å²) in [7, 11) is 1.68. The van der Waals surface area contributed by atoms with E-state index >= 15 is 0 Å². The summed E-state index contributed by atoms with van der Waals surface area (Å²) in [5, 5.41) is 7.53. The standard InChI is InChI=1S/C42H46N4O2/c1-25-18-27(3)39(28(4)19-25)40-29(5)44-46(41(40)42(6,7)8)30-20-26(2)21-33(22-30)48-32-14-15-35-34-12-10-11-13-36(34)45(37(35)23-32)38-24-31(47-9)16-17-43-38/h10-18,20-25,28,39H,19H2,1-9H3/t25-,28-,39?/m0/s1. The third kappa shape index (κ3) is 5.57. The number of nitrogens with zero attached hydrogens (tertiary/aromatic N) is 4. The van der Waals surface area contributed by atoms with Crippen LogP contribution in [0.15, 0.2) is 90.6 Å². The molecule has 3 aromatic carbocycles. The van der Waals surface area contributed by atoms with Crippen LogP contribution in [-0.2, 0) is 5.41 Å². The maximum atomic E-state index is 6.68. The molecule has 3 aromatic heterocycles. The van der Waals surface area contributed by atoms with Crippen molar-refractivity contribution in [2.75, 3.05) is 7.11 Å². The lowest BCUT2D eigenvalue weighted by molar-refractivity contribution is 0.385. The van der Waals surface area contributed by atoms with Crippen LogP contribution in [0.5, 0.6) is 17.2 Å². The van der Waals surface area contributed by atoms with E-state index in [2.05, 4.69) is 131 Å². The molecule has 6 nitrogen and oxygen atoms in total. The predicted octanol–water partition coefficient (Wildman–Crippen LogP) is 10.8. The molecule has 0 amide bonds. The number of aryl methyl sites for hydroxylation is 2. The molecule has 0 fully saturated rings. The molecule has 1 aliphatic rings. The van der Waals surface area contributed by atoms with Gasteiger partial charge in [0.2, 0.25) is 0 Å². The van der Waals surface area contributed by atoms with E-state index in [1.807, 2.05) is 12.1 Å². The van der Waals surface area contributed by atoms with Gasteiger partial charge in [-0.3, -0.25) is 4.57 Å². The Balaban J connectivity index is 1.33. The minimum atomic E-state index is -0.114. The Morgan fingerprint density at radius 2 is 1.58 bits per heavy atom. The van der Waals surface area contributed by atoms with Gasteiger partial charge in [-0.2, -0.15) is 5.10 Å². The number of hydrogen-bond donors (Lipinski definition) is 0. The lowest BCUT2D eigenvalue weighted by atomic mass is 9.70. The fourth-order valence-electron chi connectivity index (χ4n) is 8.08. The summed E-state index contributed by atoms with van der Waals surface area (Å²) in [6.45, 7) is 18.2. The van der Waals surface area contributed by atoms with Crippen LogP contribution in [0.25, 0.3) is 33.3 Å². The average molecular weight is 639 g/mol. The minimum Gasteiger partial charge on any atom is -0.497 e. The van der Waals surface area contributed by atoms with Crippen molar-refractivity contribution in [3.63, 3.8) is 0 Å². The quantitative estimate of drug-likeness (QED) is 0.170. The second-order valence-corrected chi connectivity index (χ2v) is 14.8. The SMILES string of the molecule is COc1ccnc(-n2c3ccccc3c3ccc(Oc4cc(C)cc(-n5nc(C)c(C6C(C)=C[C@H](C)C[C@@H]6C)c5C(C)(C)C)c4)cc32)c1. The second kappa shape index (κ2) is 12.0. The first-order valence-electron chi connectivity index (χ1n) is 17.0. The zero-order valence-corrected chi connectivity index (χ0v) is 29.6.